The van der Waals surface area contributed by atoms with E-state index in [0.717, 1.165) is 47.2 Å². The zero-order valence-corrected chi connectivity index (χ0v) is 25.8. The van der Waals surface area contributed by atoms with Crippen LogP contribution in [-0.2, 0) is 27.7 Å². The molecule has 1 aromatic heterocycles. The van der Waals surface area contributed by atoms with E-state index in [4.69, 9.17) is 14.5 Å². The Morgan fingerprint density at radius 1 is 0.867 bits per heavy atom. The molecular weight excluding hydrogens is 592 g/mol. The Bertz CT molecular complexity index is 1900. The highest BCUT2D eigenvalue weighted by molar-refractivity contribution is 7.90. The fourth-order valence-electron chi connectivity index (χ4n) is 4.89. The number of anilines is 1. The van der Waals surface area contributed by atoms with E-state index in [-0.39, 0.29) is 17.3 Å². The highest BCUT2D eigenvalue weighted by atomic mass is 32.2. The molecule has 0 unspecified atom stereocenters. The summed E-state index contributed by atoms with van der Waals surface area (Å²) in [5.74, 6) is 1.18. The number of benzene rings is 4. The summed E-state index contributed by atoms with van der Waals surface area (Å²) in [6.07, 6.45) is 1.23. The van der Waals surface area contributed by atoms with Crippen LogP contribution in [0.15, 0.2) is 102 Å². The molecule has 11 heteroatoms. The fourth-order valence-corrected chi connectivity index (χ4v) is 5.79. The van der Waals surface area contributed by atoms with E-state index < -0.39 is 22.2 Å². The van der Waals surface area contributed by atoms with Crippen LogP contribution in [0.25, 0.3) is 22.2 Å². The van der Waals surface area contributed by atoms with Crippen molar-refractivity contribution in [3.8, 4) is 16.9 Å². The van der Waals surface area contributed by atoms with E-state index >= 15 is 0 Å². The van der Waals surface area contributed by atoms with Crippen LogP contribution < -0.4 is 14.8 Å². The minimum atomic E-state index is -4.08. The zero-order valence-electron chi connectivity index (χ0n) is 25.0. The van der Waals surface area contributed by atoms with Gasteiger partial charge in [0.2, 0.25) is 0 Å². The smallest absolute Gasteiger partial charge is 0.426 e. The molecule has 0 aliphatic rings. The van der Waals surface area contributed by atoms with Crippen LogP contribution in [0.3, 0.4) is 0 Å². The lowest BCUT2D eigenvalue weighted by molar-refractivity contribution is 0.168. The van der Waals surface area contributed by atoms with Crippen LogP contribution in [0.4, 0.5) is 15.3 Å². The van der Waals surface area contributed by atoms with Crippen LogP contribution >= 0.6 is 0 Å². The van der Waals surface area contributed by atoms with Crippen molar-refractivity contribution in [3.63, 3.8) is 0 Å². The van der Waals surface area contributed by atoms with Gasteiger partial charge in [-0.25, -0.2) is 27.7 Å². The maximum Gasteiger partial charge on any atom is 0.426 e. The first-order valence-corrected chi connectivity index (χ1v) is 16.2. The van der Waals surface area contributed by atoms with Crippen molar-refractivity contribution in [2.75, 3.05) is 11.9 Å². The van der Waals surface area contributed by atoms with Crippen molar-refractivity contribution in [1.29, 1.82) is 0 Å². The van der Waals surface area contributed by atoms with Crippen LogP contribution in [0.5, 0.6) is 5.75 Å². The molecule has 2 N–H and O–H groups in total. The number of nitrogens with zero attached hydrogens (tertiary/aromatic N) is 2. The molecule has 0 atom stereocenters. The number of para-hydroxylation sites is 1. The first kappa shape index (κ1) is 31.3. The normalized spacial score (nSPS) is 11.2. The monoisotopic (exact) mass is 626 g/mol. The Balaban J connectivity index is 1.36. The average molecular weight is 627 g/mol. The van der Waals surface area contributed by atoms with E-state index in [1.807, 2.05) is 53.3 Å². The summed E-state index contributed by atoms with van der Waals surface area (Å²) in [5.41, 5.74) is 4.79. The standard InChI is InChI=1S/C34H34N4O6S/c1-3-5-15-32-36-29-21-20-26(35-33(39)43-4-2)22-30(29)38(32)23-24-16-18-25(19-17-24)28-13-9-10-14-31(28)44-34(40)37-45(41,42)27-11-7-6-8-12-27/h6-14,16-22H,3-5,15,23H2,1-2H3,(H,35,39)(H,37,40). The molecule has 0 aliphatic heterocycles. The van der Waals surface area contributed by atoms with Crippen molar-refractivity contribution in [1.82, 2.24) is 14.3 Å². The summed E-state index contributed by atoms with van der Waals surface area (Å²) < 4.78 is 39.7. The van der Waals surface area contributed by atoms with Crippen LogP contribution in [0, 0.1) is 0 Å². The molecule has 1 heterocycles. The minimum Gasteiger partial charge on any atom is -0.450 e. The van der Waals surface area contributed by atoms with Gasteiger partial charge in [-0.1, -0.05) is 74.0 Å². The Hall–Kier alpha value is -5.16. The number of fused-ring (bicyclic) bond motifs is 1. The van der Waals surface area contributed by atoms with Gasteiger partial charge in [0.15, 0.2) is 0 Å². The highest BCUT2D eigenvalue weighted by Gasteiger charge is 2.20. The summed E-state index contributed by atoms with van der Waals surface area (Å²) >= 11 is 0. The Morgan fingerprint density at radius 2 is 1.60 bits per heavy atom. The number of hydrogen-bond donors (Lipinski definition) is 2. The van der Waals surface area contributed by atoms with Gasteiger partial charge in [0.25, 0.3) is 10.0 Å². The predicted molar refractivity (Wildman–Crippen MR) is 173 cm³/mol. The second-order valence-corrected chi connectivity index (χ2v) is 12.0. The predicted octanol–water partition coefficient (Wildman–Crippen LogP) is 7.14. The van der Waals surface area contributed by atoms with Crippen LogP contribution in [0.2, 0.25) is 0 Å². The second kappa shape index (κ2) is 14.1. The van der Waals surface area contributed by atoms with Gasteiger partial charge >= 0.3 is 12.2 Å². The molecule has 232 valence electrons. The van der Waals surface area contributed by atoms with Crippen molar-refractivity contribution in [3.05, 3.63) is 108 Å². The molecule has 0 radical (unpaired) electrons. The molecule has 10 nitrogen and oxygen atoms in total. The molecule has 0 spiro atoms. The van der Waals surface area contributed by atoms with Gasteiger partial charge in [0, 0.05) is 24.2 Å². The lowest BCUT2D eigenvalue weighted by atomic mass is 10.0. The molecule has 4 aromatic carbocycles. The average Bonchev–Trinajstić information content (AvgIpc) is 3.37. The van der Waals surface area contributed by atoms with Gasteiger partial charge in [0.1, 0.15) is 11.6 Å². The molecule has 0 bridgehead atoms. The van der Waals surface area contributed by atoms with Gasteiger partial charge in [-0.05, 0) is 60.9 Å². The molecular formula is C34H34N4O6S. The van der Waals surface area contributed by atoms with Gasteiger partial charge in [0.05, 0.1) is 22.5 Å². The summed E-state index contributed by atoms with van der Waals surface area (Å²) in [6.45, 7) is 4.73. The largest absolute Gasteiger partial charge is 0.450 e. The van der Waals surface area contributed by atoms with Crippen molar-refractivity contribution in [2.45, 2.75) is 44.6 Å². The number of sulfonamides is 1. The number of ether oxygens (including phenoxy) is 2. The number of aromatic nitrogens is 2. The highest BCUT2D eigenvalue weighted by Crippen LogP contribution is 2.31. The number of carbonyl (C=O) groups excluding carboxylic acids is 2. The summed E-state index contributed by atoms with van der Waals surface area (Å²) in [7, 11) is -4.08. The number of amides is 2. The molecule has 0 aliphatic carbocycles. The minimum absolute atomic E-state index is 0.0409. The Kier molecular flexibility index (Phi) is 9.79. The van der Waals surface area contributed by atoms with E-state index in [2.05, 4.69) is 16.8 Å². The SMILES string of the molecule is CCCCc1nc2ccc(NC(=O)OCC)cc2n1Cc1ccc(-c2ccccc2OC(=O)NS(=O)(=O)c2ccccc2)cc1. The van der Waals surface area contributed by atoms with Gasteiger partial charge in [-0.3, -0.25) is 5.32 Å². The molecule has 0 fully saturated rings. The first-order valence-electron chi connectivity index (χ1n) is 14.7. The van der Waals surface area contributed by atoms with Crippen molar-refractivity contribution in [2.24, 2.45) is 0 Å². The number of nitrogens with one attached hydrogen (secondary N) is 2. The Morgan fingerprint density at radius 3 is 2.33 bits per heavy atom. The van der Waals surface area contributed by atoms with Gasteiger partial charge < -0.3 is 14.0 Å². The van der Waals surface area contributed by atoms with E-state index in [1.54, 1.807) is 43.3 Å². The Labute approximate surface area is 262 Å². The third-order valence-corrected chi connectivity index (χ3v) is 8.40. The van der Waals surface area contributed by atoms with Crippen LogP contribution in [0.1, 0.15) is 38.1 Å². The summed E-state index contributed by atoms with van der Waals surface area (Å²) in [6, 6.07) is 28.0. The molecule has 2 amide bonds. The number of unbranched alkanes of at least 4 members (excludes halogenated alkanes) is 1. The lowest BCUT2D eigenvalue weighted by Gasteiger charge is -2.13. The number of hydrogen-bond acceptors (Lipinski definition) is 7. The molecule has 5 rings (SSSR count). The van der Waals surface area contributed by atoms with Gasteiger partial charge in [-0.2, -0.15) is 0 Å². The molecule has 5 aromatic rings. The first-order chi connectivity index (χ1) is 21.8. The fraction of sp³-hybridized carbons (Fsp3) is 0.206. The molecule has 0 saturated heterocycles. The molecule has 0 saturated carbocycles. The second-order valence-electron chi connectivity index (χ2n) is 10.3. The van der Waals surface area contributed by atoms with Crippen molar-refractivity contribution >= 4 is 38.9 Å². The molecule has 45 heavy (non-hydrogen) atoms. The van der Waals surface area contributed by atoms with E-state index in [1.165, 1.54) is 12.1 Å². The quantitative estimate of drug-likeness (QED) is 0.159. The zero-order chi connectivity index (χ0) is 31.8. The van der Waals surface area contributed by atoms with E-state index in [9.17, 15) is 18.0 Å². The third-order valence-electron chi connectivity index (χ3n) is 7.07. The topological polar surface area (TPSA) is 129 Å². The third kappa shape index (κ3) is 7.68. The lowest BCUT2D eigenvalue weighted by Crippen LogP contribution is -2.33. The number of rotatable bonds is 11. The van der Waals surface area contributed by atoms with Crippen LogP contribution in [-0.4, -0.2) is 36.8 Å². The number of carbonyl (C=O) groups is 2. The number of imidazole rings is 1. The van der Waals surface area contributed by atoms with E-state index in [0.29, 0.717) is 17.8 Å². The summed E-state index contributed by atoms with van der Waals surface area (Å²) in [5, 5.41) is 2.77. The van der Waals surface area contributed by atoms with Gasteiger partial charge in [-0.15, -0.1) is 0 Å². The maximum absolute atomic E-state index is 12.6. The number of aryl methyl sites for hydroxylation is 1. The summed E-state index contributed by atoms with van der Waals surface area (Å²) in [4.78, 5) is 29.4. The maximum atomic E-state index is 12.6. The van der Waals surface area contributed by atoms with Crippen molar-refractivity contribution < 1.29 is 27.5 Å².